The molecular weight excluding hydrogens is 205 g/mol. The molecule has 2 rings (SSSR count). The molecule has 0 saturated carbocycles. The van der Waals surface area contributed by atoms with Crippen molar-refractivity contribution in [3.8, 4) is 0 Å². The molecule has 0 aromatic rings. The first kappa shape index (κ1) is 9.57. The van der Waals surface area contributed by atoms with E-state index in [1.54, 1.807) is 0 Å². The lowest BCUT2D eigenvalue weighted by molar-refractivity contribution is 0.722. The fourth-order valence-electron chi connectivity index (χ4n) is 1.85. The predicted molar refractivity (Wildman–Crippen MR) is 57.3 cm³/mol. The summed E-state index contributed by atoms with van der Waals surface area (Å²) in [4.78, 5) is 0. The molecule has 2 aliphatic rings. The summed E-state index contributed by atoms with van der Waals surface area (Å²) in [5.41, 5.74) is 2.72. The quantitative estimate of drug-likeness (QED) is 0.616. The van der Waals surface area contributed by atoms with Gasteiger partial charge in [-0.15, -0.1) is 0 Å². The van der Waals surface area contributed by atoms with Gasteiger partial charge in [0.1, 0.15) is 4.33 Å². The molecule has 0 radical (unpaired) electrons. The zero-order valence-corrected chi connectivity index (χ0v) is 8.96. The van der Waals surface area contributed by atoms with Crippen molar-refractivity contribution in [2.75, 3.05) is 13.1 Å². The van der Waals surface area contributed by atoms with Crippen LogP contribution in [0.15, 0.2) is 23.3 Å². The first-order valence-electron chi connectivity index (χ1n) is 4.67. The van der Waals surface area contributed by atoms with Gasteiger partial charge in [0.15, 0.2) is 0 Å². The summed E-state index contributed by atoms with van der Waals surface area (Å²) in [7, 11) is 0. The van der Waals surface area contributed by atoms with Crippen molar-refractivity contribution in [3.05, 3.63) is 23.3 Å². The normalized spacial score (nSPS) is 26.9. The summed E-state index contributed by atoms with van der Waals surface area (Å²) in [5, 5.41) is 3.36. The standard InChI is InChI=1S/C10H13Cl2N/c11-10(12)4-3-8-2-1-5-13-7-9(8)6-10/h3,6,13H,1-2,4-5,7H2. The Labute approximate surface area is 88.8 Å². The highest BCUT2D eigenvalue weighted by Crippen LogP contribution is 2.36. The first-order chi connectivity index (χ1) is 6.17. The molecule has 1 nitrogen and oxygen atoms in total. The summed E-state index contributed by atoms with van der Waals surface area (Å²) in [5.74, 6) is 0. The highest BCUT2D eigenvalue weighted by Gasteiger charge is 2.26. The van der Waals surface area contributed by atoms with Crippen LogP contribution in [0.1, 0.15) is 19.3 Å². The molecule has 0 amide bonds. The molecule has 1 fully saturated rings. The predicted octanol–water partition coefficient (Wildman–Crippen LogP) is 2.80. The van der Waals surface area contributed by atoms with Crippen LogP contribution in [-0.4, -0.2) is 17.4 Å². The minimum Gasteiger partial charge on any atom is -0.313 e. The van der Waals surface area contributed by atoms with E-state index in [4.69, 9.17) is 23.2 Å². The van der Waals surface area contributed by atoms with Crippen molar-refractivity contribution in [2.45, 2.75) is 23.6 Å². The van der Waals surface area contributed by atoms with Gasteiger partial charge in [0.25, 0.3) is 0 Å². The van der Waals surface area contributed by atoms with E-state index in [0.29, 0.717) is 0 Å². The van der Waals surface area contributed by atoms with Crippen LogP contribution in [0.4, 0.5) is 0 Å². The Balaban J connectivity index is 2.23. The van der Waals surface area contributed by atoms with Crippen molar-refractivity contribution < 1.29 is 0 Å². The largest absolute Gasteiger partial charge is 0.313 e. The van der Waals surface area contributed by atoms with E-state index in [1.807, 2.05) is 6.08 Å². The van der Waals surface area contributed by atoms with Crippen molar-refractivity contribution in [3.63, 3.8) is 0 Å². The van der Waals surface area contributed by atoms with E-state index >= 15 is 0 Å². The van der Waals surface area contributed by atoms with Crippen molar-refractivity contribution in [1.82, 2.24) is 5.32 Å². The maximum absolute atomic E-state index is 6.06. The van der Waals surface area contributed by atoms with Crippen LogP contribution in [0, 0.1) is 0 Å². The number of hydrogen-bond donors (Lipinski definition) is 1. The maximum atomic E-state index is 6.06. The number of halogens is 2. The third-order valence-corrected chi connectivity index (χ3v) is 3.06. The molecule has 72 valence electrons. The lowest BCUT2D eigenvalue weighted by Gasteiger charge is -2.22. The number of alkyl halides is 2. The van der Waals surface area contributed by atoms with Gasteiger partial charge in [-0.05, 0) is 36.6 Å². The third-order valence-electron chi connectivity index (χ3n) is 2.53. The Morgan fingerprint density at radius 2 is 2.15 bits per heavy atom. The van der Waals surface area contributed by atoms with Gasteiger partial charge in [-0.2, -0.15) is 0 Å². The SMILES string of the molecule is ClC1(Cl)C=C2CNCCCC2=CC1. The maximum Gasteiger partial charge on any atom is 0.140 e. The van der Waals surface area contributed by atoms with E-state index < -0.39 is 4.33 Å². The molecule has 1 N–H and O–H groups in total. The zero-order chi connectivity index (χ0) is 9.31. The summed E-state index contributed by atoms with van der Waals surface area (Å²) in [6.45, 7) is 2.00. The van der Waals surface area contributed by atoms with Crippen LogP contribution in [0.3, 0.4) is 0 Å². The lowest BCUT2D eigenvalue weighted by Crippen LogP contribution is -2.20. The number of allylic oxidation sites excluding steroid dienone is 2. The number of hydrogen-bond acceptors (Lipinski definition) is 1. The van der Waals surface area contributed by atoms with Crippen LogP contribution in [0.5, 0.6) is 0 Å². The Hall–Kier alpha value is 0.0200. The van der Waals surface area contributed by atoms with E-state index in [1.165, 1.54) is 17.6 Å². The fourth-order valence-corrected chi connectivity index (χ4v) is 2.27. The van der Waals surface area contributed by atoms with E-state index in [0.717, 1.165) is 25.9 Å². The van der Waals surface area contributed by atoms with Gasteiger partial charge in [-0.25, -0.2) is 0 Å². The minimum atomic E-state index is -0.676. The van der Waals surface area contributed by atoms with Crippen LogP contribution in [-0.2, 0) is 0 Å². The molecule has 13 heavy (non-hydrogen) atoms. The van der Waals surface area contributed by atoms with Crippen LogP contribution in [0.25, 0.3) is 0 Å². The highest BCUT2D eigenvalue weighted by atomic mass is 35.5. The molecule has 1 saturated heterocycles. The minimum absolute atomic E-state index is 0.676. The van der Waals surface area contributed by atoms with E-state index in [9.17, 15) is 0 Å². The average Bonchev–Trinajstić information content (AvgIpc) is 2.27. The Kier molecular flexibility index (Phi) is 2.68. The van der Waals surface area contributed by atoms with Gasteiger partial charge in [-0.1, -0.05) is 29.3 Å². The van der Waals surface area contributed by atoms with Gasteiger partial charge in [0.2, 0.25) is 0 Å². The number of fused-ring (bicyclic) bond motifs is 1. The van der Waals surface area contributed by atoms with Gasteiger partial charge in [0.05, 0.1) is 0 Å². The second-order valence-electron chi connectivity index (χ2n) is 3.64. The van der Waals surface area contributed by atoms with Crippen LogP contribution >= 0.6 is 23.2 Å². The number of rotatable bonds is 0. The van der Waals surface area contributed by atoms with Crippen molar-refractivity contribution in [2.24, 2.45) is 0 Å². The molecule has 0 atom stereocenters. The molecule has 0 unspecified atom stereocenters. The molecule has 0 spiro atoms. The van der Waals surface area contributed by atoms with Gasteiger partial charge in [-0.3, -0.25) is 0 Å². The molecule has 1 aliphatic heterocycles. The molecule has 0 aromatic carbocycles. The molecule has 0 aromatic heterocycles. The third kappa shape index (κ3) is 2.28. The Morgan fingerprint density at radius 1 is 1.31 bits per heavy atom. The monoisotopic (exact) mass is 217 g/mol. The number of nitrogens with one attached hydrogen (secondary N) is 1. The first-order valence-corrected chi connectivity index (χ1v) is 5.43. The fraction of sp³-hybridized carbons (Fsp3) is 0.600. The summed E-state index contributed by atoms with van der Waals surface area (Å²) >= 11 is 12.1. The van der Waals surface area contributed by atoms with Gasteiger partial charge in [0, 0.05) is 13.0 Å². The van der Waals surface area contributed by atoms with Crippen molar-refractivity contribution >= 4 is 23.2 Å². The summed E-state index contributed by atoms with van der Waals surface area (Å²) in [6, 6.07) is 0. The average molecular weight is 218 g/mol. The lowest BCUT2D eigenvalue weighted by atomic mass is 9.95. The second kappa shape index (κ2) is 3.64. The highest BCUT2D eigenvalue weighted by molar-refractivity contribution is 6.50. The van der Waals surface area contributed by atoms with E-state index in [2.05, 4.69) is 11.4 Å². The Bertz CT molecular complexity index is 266. The smallest absolute Gasteiger partial charge is 0.140 e. The van der Waals surface area contributed by atoms with Crippen LogP contribution in [0.2, 0.25) is 0 Å². The zero-order valence-electron chi connectivity index (χ0n) is 7.45. The second-order valence-corrected chi connectivity index (χ2v) is 5.19. The molecule has 1 aliphatic carbocycles. The van der Waals surface area contributed by atoms with Crippen LogP contribution < -0.4 is 5.32 Å². The van der Waals surface area contributed by atoms with Crippen molar-refractivity contribution in [1.29, 1.82) is 0 Å². The van der Waals surface area contributed by atoms with E-state index in [-0.39, 0.29) is 0 Å². The molecule has 0 bridgehead atoms. The molecule has 1 heterocycles. The topological polar surface area (TPSA) is 12.0 Å². The molecular formula is C10H13Cl2N. The Morgan fingerprint density at radius 3 is 3.00 bits per heavy atom. The summed E-state index contributed by atoms with van der Waals surface area (Å²) in [6.07, 6.45) is 7.28. The molecule has 3 heteroatoms. The van der Waals surface area contributed by atoms with Gasteiger partial charge < -0.3 is 5.32 Å². The van der Waals surface area contributed by atoms with Gasteiger partial charge >= 0.3 is 0 Å². The summed E-state index contributed by atoms with van der Waals surface area (Å²) < 4.78 is -0.676.